The molecule has 0 saturated heterocycles. The van der Waals surface area contributed by atoms with Crippen LogP contribution in [0.1, 0.15) is 22.8 Å². The molecule has 1 atom stereocenters. The van der Waals surface area contributed by atoms with E-state index in [4.69, 9.17) is 0 Å². The topological polar surface area (TPSA) is 37.5 Å². The second-order valence-corrected chi connectivity index (χ2v) is 4.54. The van der Waals surface area contributed by atoms with Crippen molar-refractivity contribution in [2.75, 3.05) is 0 Å². The number of benzene rings is 1. The first-order valence-corrected chi connectivity index (χ1v) is 6.03. The standard InChI is InChI=1S/C15H13FN2O/c1-10-8-11(5-6-13(10)16)15(19)12-9-17-18-7-3-2-4-14(12)18/h2-9,15,19H,1H3. The van der Waals surface area contributed by atoms with Crippen LogP contribution in [0.15, 0.2) is 48.8 Å². The van der Waals surface area contributed by atoms with Crippen LogP contribution in [0.2, 0.25) is 0 Å². The summed E-state index contributed by atoms with van der Waals surface area (Å²) in [5, 5.41) is 14.6. The van der Waals surface area contributed by atoms with Gasteiger partial charge in [-0.15, -0.1) is 0 Å². The molecule has 0 aliphatic heterocycles. The van der Waals surface area contributed by atoms with Crippen molar-refractivity contribution >= 4 is 5.52 Å². The second kappa shape index (κ2) is 4.48. The maximum atomic E-state index is 13.3. The van der Waals surface area contributed by atoms with Crippen LogP contribution in [-0.4, -0.2) is 14.7 Å². The minimum atomic E-state index is -0.806. The van der Waals surface area contributed by atoms with E-state index in [1.807, 2.05) is 24.4 Å². The van der Waals surface area contributed by atoms with Crippen molar-refractivity contribution in [1.82, 2.24) is 9.61 Å². The maximum Gasteiger partial charge on any atom is 0.126 e. The second-order valence-electron chi connectivity index (χ2n) is 4.54. The van der Waals surface area contributed by atoms with Gasteiger partial charge in [0.1, 0.15) is 11.9 Å². The summed E-state index contributed by atoms with van der Waals surface area (Å²) in [4.78, 5) is 0. The Morgan fingerprint density at radius 1 is 1.26 bits per heavy atom. The van der Waals surface area contributed by atoms with E-state index in [9.17, 15) is 9.50 Å². The predicted molar refractivity (Wildman–Crippen MR) is 70.4 cm³/mol. The summed E-state index contributed by atoms with van der Waals surface area (Å²) in [6.45, 7) is 1.68. The molecule has 0 spiro atoms. The van der Waals surface area contributed by atoms with Crippen molar-refractivity contribution in [1.29, 1.82) is 0 Å². The van der Waals surface area contributed by atoms with E-state index in [-0.39, 0.29) is 5.82 Å². The number of hydrogen-bond donors (Lipinski definition) is 1. The van der Waals surface area contributed by atoms with Gasteiger partial charge in [-0.3, -0.25) is 0 Å². The van der Waals surface area contributed by atoms with Crippen LogP contribution in [0.4, 0.5) is 4.39 Å². The van der Waals surface area contributed by atoms with Gasteiger partial charge in [0.2, 0.25) is 0 Å². The first kappa shape index (κ1) is 11.9. The Labute approximate surface area is 109 Å². The number of hydrogen-bond acceptors (Lipinski definition) is 2. The highest BCUT2D eigenvalue weighted by Gasteiger charge is 2.16. The van der Waals surface area contributed by atoms with E-state index in [0.717, 1.165) is 5.52 Å². The minimum absolute atomic E-state index is 0.268. The summed E-state index contributed by atoms with van der Waals surface area (Å²) in [7, 11) is 0. The van der Waals surface area contributed by atoms with Gasteiger partial charge < -0.3 is 5.11 Å². The maximum absolute atomic E-state index is 13.3. The van der Waals surface area contributed by atoms with Crippen molar-refractivity contribution in [3.05, 3.63) is 71.3 Å². The fraction of sp³-hybridized carbons (Fsp3) is 0.133. The largest absolute Gasteiger partial charge is 0.384 e. The van der Waals surface area contributed by atoms with Crippen molar-refractivity contribution < 1.29 is 9.50 Å². The number of nitrogens with zero attached hydrogens (tertiary/aromatic N) is 2. The van der Waals surface area contributed by atoms with Crippen LogP contribution in [0.25, 0.3) is 5.52 Å². The highest BCUT2D eigenvalue weighted by Crippen LogP contribution is 2.26. The molecule has 1 aromatic carbocycles. The summed E-state index contributed by atoms with van der Waals surface area (Å²) >= 11 is 0. The van der Waals surface area contributed by atoms with E-state index < -0.39 is 6.10 Å². The van der Waals surface area contributed by atoms with Gasteiger partial charge in [0.25, 0.3) is 0 Å². The fourth-order valence-electron chi connectivity index (χ4n) is 2.18. The average molecular weight is 256 g/mol. The predicted octanol–water partition coefficient (Wildman–Crippen LogP) is 2.86. The van der Waals surface area contributed by atoms with Crippen molar-refractivity contribution in [2.24, 2.45) is 0 Å². The van der Waals surface area contributed by atoms with Crippen LogP contribution >= 0.6 is 0 Å². The van der Waals surface area contributed by atoms with Gasteiger partial charge >= 0.3 is 0 Å². The smallest absolute Gasteiger partial charge is 0.126 e. The first-order chi connectivity index (χ1) is 9.16. The number of pyridine rings is 1. The van der Waals surface area contributed by atoms with Crippen LogP contribution in [-0.2, 0) is 0 Å². The molecule has 2 aromatic heterocycles. The number of aryl methyl sites for hydroxylation is 1. The summed E-state index contributed by atoms with van der Waals surface area (Å²) in [6, 6.07) is 10.3. The SMILES string of the molecule is Cc1cc(C(O)c2cnn3ccccc23)ccc1F. The molecule has 0 bridgehead atoms. The average Bonchev–Trinajstić information content (AvgIpc) is 2.85. The van der Waals surface area contributed by atoms with Crippen molar-refractivity contribution in [3.63, 3.8) is 0 Å². The van der Waals surface area contributed by atoms with Crippen LogP contribution < -0.4 is 0 Å². The third-order valence-electron chi connectivity index (χ3n) is 3.25. The molecule has 0 fully saturated rings. The monoisotopic (exact) mass is 256 g/mol. The first-order valence-electron chi connectivity index (χ1n) is 6.03. The molecular weight excluding hydrogens is 243 g/mol. The van der Waals surface area contributed by atoms with E-state index in [2.05, 4.69) is 5.10 Å². The minimum Gasteiger partial charge on any atom is -0.384 e. The molecule has 3 aromatic rings. The molecule has 0 aliphatic rings. The Morgan fingerprint density at radius 2 is 2.11 bits per heavy atom. The zero-order valence-corrected chi connectivity index (χ0v) is 10.4. The van der Waals surface area contributed by atoms with E-state index >= 15 is 0 Å². The van der Waals surface area contributed by atoms with E-state index in [0.29, 0.717) is 16.7 Å². The van der Waals surface area contributed by atoms with Crippen LogP contribution in [0.5, 0.6) is 0 Å². The van der Waals surface area contributed by atoms with Crippen molar-refractivity contribution in [2.45, 2.75) is 13.0 Å². The van der Waals surface area contributed by atoms with Gasteiger partial charge in [0.05, 0.1) is 11.7 Å². The molecule has 19 heavy (non-hydrogen) atoms. The van der Waals surface area contributed by atoms with Gasteiger partial charge in [-0.25, -0.2) is 8.91 Å². The fourth-order valence-corrected chi connectivity index (χ4v) is 2.18. The summed E-state index contributed by atoms with van der Waals surface area (Å²) < 4.78 is 15.0. The Morgan fingerprint density at radius 3 is 2.89 bits per heavy atom. The van der Waals surface area contributed by atoms with Gasteiger partial charge in [-0.05, 0) is 36.2 Å². The molecule has 3 nitrogen and oxygen atoms in total. The zero-order valence-electron chi connectivity index (χ0n) is 10.4. The number of aliphatic hydroxyl groups is 1. The number of halogens is 1. The van der Waals surface area contributed by atoms with Crippen molar-refractivity contribution in [3.8, 4) is 0 Å². The molecular formula is C15H13FN2O. The molecule has 0 saturated carbocycles. The zero-order chi connectivity index (χ0) is 13.4. The molecule has 4 heteroatoms. The number of aromatic nitrogens is 2. The molecule has 2 heterocycles. The van der Waals surface area contributed by atoms with Gasteiger partial charge in [0.15, 0.2) is 0 Å². The molecule has 1 N–H and O–H groups in total. The lowest BCUT2D eigenvalue weighted by Crippen LogP contribution is -2.00. The lowest BCUT2D eigenvalue weighted by atomic mass is 10.0. The Hall–Kier alpha value is -2.20. The quantitative estimate of drug-likeness (QED) is 0.765. The molecule has 1 unspecified atom stereocenters. The van der Waals surface area contributed by atoms with E-state index in [1.54, 1.807) is 29.8 Å². The number of aliphatic hydroxyl groups excluding tert-OH is 1. The summed E-state index contributed by atoms with van der Waals surface area (Å²) in [6.07, 6.45) is 2.65. The Bertz CT molecular complexity index is 736. The summed E-state index contributed by atoms with van der Waals surface area (Å²) in [5.74, 6) is -0.268. The van der Waals surface area contributed by atoms with Crippen LogP contribution in [0.3, 0.4) is 0 Å². The van der Waals surface area contributed by atoms with Gasteiger partial charge in [0, 0.05) is 11.8 Å². The highest BCUT2D eigenvalue weighted by molar-refractivity contribution is 5.56. The number of fused-ring (bicyclic) bond motifs is 1. The highest BCUT2D eigenvalue weighted by atomic mass is 19.1. The van der Waals surface area contributed by atoms with Gasteiger partial charge in [-0.1, -0.05) is 18.2 Å². The Balaban J connectivity index is 2.08. The van der Waals surface area contributed by atoms with Gasteiger partial charge in [-0.2, -0.15) is 5.10 Å². The lowest BCUT2D eigenvalue weighted by molar-refractivity contribution is 0.221. The lowest BCUT2D eigenvalue weighted by Gasteiger charge is -2.11. The third-order valence-corrected chi connectivity index (χ3v) is 3.25. The molecule has 0 amide bonds. The number of rotatable bonds is 2. The molecule has 3 rings (SSSR count). The third kappa shape index (κ3) is 2.00. The normalized spacial score (nSPS) is 12.8. The molecule has 0 radical (unpaired) electrons. The molecule has 96 valence electrons. The Kier molecular flexibility index (Phi) is 2.80. The summed E-state index contributed by atoms with van der Waals surface area (Å²) in [5.41, 5.74) is 2.74. The van der Waals surface area contributed by atoms with Crippen LogP contribution in [0, 0.1) is 12.7 Å². The van der Waals surface area contributed by atoms with E-state index in [1.165, 1.54) is 6.07 Å². The molecule has 0 aliphatic carbocycles.